The van der Waals surface area contributed by atoms with E-state index in [2.05, 4.69) is 20.2 Å². The zero-order valence-electron chi connectivity index (χ0n) is 14.5. The number of rotatable bonds is 4. The number of nitrogens with zero attached hydrogens (tertiary/aromatic N) is 6. The lowest BCUT2D eigenvalue weighted by Gasteiger charge is -2.33. The van der Waals surface area contributed by atoms with Gasteiger partial charge in [0.2, 0.25) is 0 Å². The highest BCUT2D eigenvalue weighted by Gasteiger charge is 2.32. The predicted octanol–water partition coefficient (Wildman–Crippen LogP) is 1.77. The summed E-state index contributed by atoms with van der Waals surface area (Å²) >= 11 is 0. The van der Waals surface area contributed by atoms with Crippen molar-refractivity contribution in [3.63, 3.8) is 0 Å². The van der Waals surface area contributed by atoms with E-state index in [4.69, 9.17) is 9.15 Å². The summed E-state index contributed by atoms with van der Waals surface area (Å²) < 4.78 is 12.7. The van der Waals surface area contributed by atoms with Crippen LogP contribution in [0.25, 0.3) is 0 Å². The van der Waals surface area contributed by atoms with Crippen LogP contribution in [0.2, 0.25) is 0 Å². The summed E-state index contributed by atoms with van der Waals surface area (Å²) in [6.45, 7) is 5.28. The van der Waals surface area contributed by atoms with Crippen LogP contribution in [0.3, 0.4) is 0 Å². The molecule has 0 bridgehead atoms. The summed E-state index contributed by atoms with van der Waals surface area (Å²) in [7, 11) is 0. The quantitative estimate of drug-likeness (QED) is 0.704. The zero-order valence-corrected chi connectivity index (χ0v) is 14.5. The normalized spacial score (nSPS) is 16.4. The Morgan fingerprint density at radius 1 is 1.31 bits per heavy atom. The maximum Gasteiger partial charge on any atom is 0.276 e. The van der Waals surface area contributed by atoms with Gasteiger partial charge in [-0.15, -0.1) is 10.2 Å². The molecule has 3 aromatic heterocycles. The Hall–Kier alpha value is -3.23. The highest BCUT2D eigenvalue weighted by atomic mass is 16.5. The van der Waals surface area contributed by atoms with E-state index >= 15 is 0 Å². The van der Waals surface area contributed by atoms with E-state index in [1.54, 1.807) is 11.1 Å². The number of fused-ring (bicyclic) bond motifs is 1. The van der Waals surface area contributed by atoms with Gasteiger partial charge in [-0.25, -0.2) is 4.98 Å². The number of hydrogen-bond acceptors (Lipinski definition) is 7. The minimum Gasteiger partial charge on any atom is -0.484 e. The Kier molecular flexibility index (Phi) is 4.11. The van der Waals surface area contributed by atoms with Crippen molar-refractivity contribution >= 4 is 5.91 Å². The molecule has 3 aromatic rings. The van der Waals surface area contributed by atoms with Crippen LogP contribution in [0, 0.1) is 6.92 Å². The molecular weight excluding hydrogens is 336 g/mol. The van der Waals surface area contributed by atoms with Crippen LogP contribution in [-0.2, 0) is 13.2 Å². The van der Waals surface area contributed by atoms with Crippen LogP contribution >= 0.6 is 0 Å². The number of carbonyl (C=O) groups excluding carboxylic acids is 1. The third-order valence-electron chi connectivity index (χ3n) is 4.43. The summed E-state index contributed by atoms with van der Waals surface area (Å²) in [5.74, 6) is 1.96. The monoisotopic (exact) mass is 354 g/mol. The molecule has 1 amide bonds. The number of amides is 1. The molecule has 0 fully saturated rings. The van der Waals surface area contributed by atoms with Gasteiger partial charge in [-0.3, -0.25) is 9.78 Å². The number of carbonyl (C=O) groups is 1. The summed E-state index contributed by atoms with van der Waals surface area (Å²) in [5, 5.41) is 8.49. The molecule has 0 radical (unpaired) electrons. The van der Waals surface area contributed by atoms with Gasteiger partial charge in [-0.05, 0) is 26.0 Å². The van der Waals surface area contributed by atoms with Crippen LogP contribution in [-0.4, -0.2) is 42.1 Å². The van der Waals surface area contributed by atoms with Crippen LogP contribution in [0.4, 0.5) is 0 Å². The van der Waals surface area contributed by atoms with Crippen LogP contribution in [0.5, 0.6) is 5.75 Å². The van der Waals surface area contributed by atoms with Gasteiger partial charge in [0.25, 0.3) is 5.91 Å². The zero-order chi connectivity index (χ0) is 18.1. The SMILES string of the molecule is Cc1ccc(OCc2nnc3n2CCN(C(=O)c2cocn2)[C@H]3C)cn1. The van der Waals surface area contributed by atoms with Crippen molar-refractivity contribution in [2.24, 2.45) is 0 Å². The van der Waals surface area contributed by atoms with Gasteiger partial charge in [0, 0.05) is 18.8 Å². The maximum atomic E-state index is 12.5. The Morgan fingerprint density at radius 3 is 2.92 bits per heavy atom. The van der Waals surface area contributed by atoms with E-state index in [1.165, 1.54) is 12.7 Å². The maximum absolute atomic E-state index is 12.5. The third kappa shape index (κ3) is 2.92. The standard InChI is InChI=1S/C17H18N6O3/c1-11-3-4-13(7-18-11)26-9-15-20-21-16-12(2)22(5-6-23(15)16)17(24)14-8-25-10-19-14/h3-4,7-8,10,12H,5-6,9H2,1-2H3/t12-/m0/s1. The average Bonchev–Trinajstić information content (AvgIpc) is 3.31. The van der Waals surface area contributed by atoms with E-state index in [0.717, 1.165) is 17.3 Å². The molecule has 0 N–H and O–H groups in total. The van der Waals surface area contributed by atoms with Gasteiger partial charge in [0.1, 0.15) is 18.6 Å². The molecule has 0 spiro atoms. The van der Waals surface area contributed by atoms with Crippen molar-refractivity contribution in [1.82, 2.24) is 29.6 Å². The second kappa shape index (κ2) is 6.58. The van der Waals surface area contributed by atoms with Crippen molar-refractivity contribution in [2.45, 2.75) is 33.0 Å². The fraction of sp³-hybridized carbons (Fsp3) is 0.353. The van der Waals surface area contributed by atoms with Crippen LogP contribution < -0.4 is 4.74 Å². The molecule has 0 aliphatic carbocycles. The smallest absolute Gasteiger partial charge is 0.276 e. The number of oxazole rings is 1. The molecule has 9 heteroatoms. The largest absolute Gasteiger partial charge is 0.484 e. The van der Waals surface area contributed by atoms with E-state index < -0.39 is 0 Å². The topological polar surface area (TPSA) is 99.2 Å². The molecule has 4 rings (SSSR count). The molecule has 0 unspecified atom stereocenters. The summed E-state index contributed by atoms with van der Waals surface area (Å²) in [6, 6.07) is 3.55. The van der Waals surface area contributed by atoms with Crippen LogP contribution in [0.1, 0.15) is 40.8 Å². The molecule has 0 saturated carbocycles. The molecule has 1 aliphatic rings. The van der Waals surface area contributed by atoms with E-state index in [0.29, 0.717) is 31.1 Å². The first-order valence-electron chi connectivity index (χ1n) is 8.30. The second-order valence-electron chi connectivity index (χ2n) is 6.10. The highest BCUT2D eigenvalue weighted by molar-refractivity contribution is 5.92. The van der Waals surface area contributed by atoms with Crippen molar-refractivity contribution in [3.05, 3.63) is 54.0 Å². The minimum atomic E-state index is -0.213. The van der Waals surface area contributed by atoms with Gasteiger partial charge >= 0.3 is 0 Å². The number of pyridine rings is 1. The van der Waals surface area contributed by atoms with Crippen molar-refractivity contribution in [2.75, 3.05) is 6.54 Å². The molecule has 1 aliphatic heterocycles. The Morgan fingerprint density at radius 2 is 2.19 bits per heavy atom. The lowest BCUT2D eigenvalue weighted by molar-refractivity contribution is 0.0628. The molecule has 1 atom stereocenters. The fourth-order valence-corrected chi connectivity index (χ4v) is 2.98. The summed E-state index contributed by atoms with van der Waals surface area (Å²) in [6.07, 6.45) is 4.28. The minimum absolute atomic E-state index is 0.177. The van der Waals surface area contributed by atoms with Gasteiger partial charge in [-0.1, -0.05) is 0 Å². The average molecular weight is 354 g/mol. The lowest BCUT2D eigenvalue weighted by atomic mass is 10.2. The number of ether oxygens (including phenoxy) is 1. The first kappa shape index (κ1) is 16.2. The Labute approximate surface area is 149 Å². The first-order chi connectivity index (χ1) is 12.6. The molecule has 26 heavy (non-hydrogen) atoms. The van der Waals surface area contributed by atoms with Gasteiger partial charge in [-0.2, -0.15) is 0 Å². The summed E-state index contributed by atoms with van der Waals surface area (Å²) in [5.41, 5.74) is 1.23. The van der Waals surface area contributed by atoms with Gasteiger partial charge in [0.15, 0.2) is 23.7 Å². The second-order valence-corrected chi connectivity index (χ2v) is 6.10. The summed E-state index contributed by atoms with van der Waals surface area (Å²) in [4.78, 5) is 22.4. The third-order valence-corrected chi connectivity index (χ3v) is 4.43. The van der Waals surface area contributed by atoms with Crippen molar-refractivity contribution in [3.8, 4) is 5.75 Å². The Bertz CT molecular complexity index is 903. The molecule has 0 aromatic carbocycles. The fourth-order valence-electron chi connectivity index (χ4n) is 2.98. The van der Waals surface area contributed by atoms with Gasteiger partial charge < -0.3 is 18.6 Å². The van der Waals surface area contributed by atoms with E-state index in [-0.39, 0.29) is 11.9 Å². The molecule has 0 saturated heterocycles. The number of aromatic nitrogens is 5. The molecule has 9 nitrogen and oxygen atoms in total. The van der Waals surface area contributed by atoms with Crippen LogP contribution in [0.15, 0.2) is 35.4 Å². The van der Waals surface area contributed by atoms with Gasteiger partial charge in [0.05, 0.1) is 12.2 Å². The van der Waals surface area contributed by atoms with Crippen molar-refractivity contribution < 1.29 is 13.9 Å². The molecular formula is C17H18N6O3. The highest BCUT2D eigenvalue weighted by Crippen LogP contribution is 2.26. The van der Waals surface area contributed by atoms with E-state index in [9.17, 15) is 4.79 Å². The van der Waals surface area contributed by atoms with E-state index in [1.807, 2.05) is 30.5 Å². The lowest BCUT2D eigenvalue weighted by Crippen LogP contribution is -2.41. The molecule has 4 heterocycles. The first-order valence-corrected chi connectivity index (χ1v) is 8.30. The Balaban J connectivity index is 1.48. The predicted molar refractivity (Wildman–Crippen MR) is 89.3 cm³/mol. The van der Waals surface area contributed by atoms with Crippen molar-refractivity contribution in [1.29, 1.82) is 0 Å². The molecule has 134 valence electrons. The number of aryl methyl sites for hydroxylation is 1. The number of hydrogen-bond donors (Lipinski definition) is 0.